The van der Waals surface area contributed by atoms with Crippen LogP contribution in [0.4, 0.5) is 11.4 Å². The van der Waals surface area contributed by atoms with Crippen LogP contribution >= 0.6 is 11.6 Å². The van der Waals surface area contributed by atoms with E-state index in [1.54, 1.807) is 37.4 Å². The standard InChI is InChI=1S/C20H22ClN3O5/c1-27-7-8-29-18-6-4-15(11-22-18)23-20(26)13-9-19(25)24(12-13)16-10-14(21)3-5-17(16)28-2/h3-6,10-11,13H,7-9,12H2,1-2H3,(H,23,26). The van der Waals surface area contributed by atoms with E-state index in [2.05, 4.69) is 10.3 Å². The molecular formula is C20H22ClN3O5. The fraction of sp³-hybridized carbons (Fsp3) is 0.350. The lowest BCUT2D eigenvalue weighted by atomic mass is 10.1. The summed E-state index contributed by atoms with van der Waals surface area (Å²) in [5.41, 5.74) is 1.08. The van der Waals surface area contributed by atoms with Gasteiger partial charge in [0, 0.05) is 31.2 Å². The highest BCUT2D eigenvalue weighted by molar-refractivity contribution is 6.31. The number of rotatable bonds is 8. The van der Waals surface area contributed by atoms with Crippen LogP contribution in [0.1, 0.15) is 6.42 Å². The summed E-state index contributed by atoms with van der Waals surface area (Å²) >= 11 is 6.06. The second-order valence-electron chi connectivity index (χ2n) is 6.44. The third kappa shape index (κ3) is 5.16. The lowest BCUT2D eigenvalue weighted by Gasteiger charge is -2.19. The molecule has 2 heterocycles. The smallest absolute Gasteiger partial charge is 0.229 e. The molecule has 0 saturated carbocycles. The molecule has 0 radical (unpaired) electrons. The predicted octanol–water partition coefficient (Wildman–Crippen LogP) is 2.76. The van der Waals surface area contributed by atoms with Gasteiger partial charge in [-0.25, -0.2) is 4.98 Å². The van der Waals surface area contributed by atoms with Gasteiger partial charge in [-0.1, -0.05) is 11.6 Å². The van der Waals surface area contributed by atoms with Crippen molar-refractivity contribution >= 4 is 34.8 Å². The first-order chi connectivity index (χ1) is 14.0. The molecule has 1 saturated heterocycles. The number of carbonyl (C=O) groups is 2. The Morgan fingerprint density at radius 2 is 2.10 bits per heavy atom. The molecule has 9 heteroatoms. The topological polar surface area (TPSA) is 90.0 Å². The van der Waals surface area contributed by atoms with Crippen molar-refractivity contribution in [3.63, 3.8) is 0 Å². The Morgan fingerprint density at radius 3 is 2.79 bits per heavy atom. The van der Waals surface area contributed by atoms with Gasteiger partial charge in [-0.2, -0.15) is 0 Å². The molecule has 2 amide bonds. The molecule has 3 rings (SSSR count). The predicted molar refractivity (Wildman–Crippen MR) is 109 cm³/mol. The van der Waals surface area contributed by atoms with Crippen molar-refractivity contribution in [3.05, 3.63) is 41.6 Å². The summed E-state index contributed by atoms with van der Waals surface area (Å²) in [4.78, 5) is 30.8. The number of amides is 2. The normalized spacial score (nSPS) is 16.0. The number of halogens is 1. The number of nitrogens with one attached hydrogen (secondary N) is 1. The number of ether oxygens (including phenoxy) is 3. The average Bonchev–Trinajstić information content (AvgIpc) is 3.11. The number of methoxy groups -OCH3 is 2. The maximum atomic E-state index is 12.6. The first kappa shape index (κ1) is 20.9. The minimum Gasteiger partial charge on any atom is -0.495 e. The van der Waals surface area contributed by atoms with Gasteiger partial charge in [0.25, 0.3) is 0 Å². The van der Waals surface area contributed by atoms with Crippen molar-refractivity contribution in [2.75, 3.05) is 44.2 Å². The fourth-order valence-corrected chi connectivity index (χ4v) is 3.17. The number of nitrogens with zero attached hydrogens (tertiary/aromatic N) is 2. The van der Waals surface area contributed by atoms with Gasteiger partial charge in [-0.3, -0.25) is 9.59 Å². The van der Waals surface area contributed by atoms with Gasteiger partial charge < -0.3 is 24.4 Å². The number of aromatic nitrogens is 1. The van der Waals surface area contributed by atoms with Crippen LogP contribution in [0.3, 0.4) is 0 Å². The first-order valence-electron chi connectivity index (χ1n) is 9.04. The highest BCUT2D eigenvalue weighted by atomic mass is 35.5. The van der Waals surface area contributed by atoms with Crippen LogP contribution in [0.2, 0.25) is 5.02 Å². The van der Waals surface area contributed by atoms with Crippen molar-refractivity contribution in [3.8, 4) is 11.6 Å². The Bertz CT molecular complexity index is 875. The molecule has 0 aliphatic carbocycles. The van der Waals surface area contributed by atoms with E-state index in [1.807, 2.05) is 0 Å². The molecule has 29 heavy (non-hydrogen) atoms. The molecule has 8 nitrogen and oxygen atoms in total. The maximum Gasteiger partial charge on any atom is 0.229 e. The first-order valence-corrected chi connectivity index (χ1v) is 9.42. The van der Waals surface area contributed by atoms with E-state index in [9.17, 15) is 9.59 Å². The Morgan fingerprint density at radius 1 is 1.28 bits per heavy atom. The minimum atomic E-state index is -0.496. The van der Waals surface area contributed by atoms with E-state index in [1.165, 1.54) is 18.2 Å². The van der Waals surface area contributed by atoms with Crippen LogP contribution in [0.15, 0.2) is 36.5 Å². The number of hydrogen-bond acceptors (Lipinski definition) is 6. The third-order valence-electron chi connectivity index (χ3n) is 4.47. The van der Waals surface area contributed by atoms with E-state index < -0.39 is 5.92 Å². The largest absolute Gasteiger partial charge is 0.495 e. The van der Waals surface area contributed by atoms with Gasteiger partial charge in [0.2, 0.25) is 17.7 Å². The summed E-state index contributed by atoms with van der Waals surface area (Å²) < 4.78 is 15.6. The number of benzene rings is 1. The number of carbonyl (C=O) groups excluding carboxylic acids is 2. The van der Waals surface area contributed by atoms with Crippen molar-refractivity contribution in [2.24, 2.45) is 5.92 Å². The highest BCUT2D eigenvalue weighted by Gasteiger charge is 2.36. The average molecular weight is 420 g/mol. The van der Waals surface area contributed by atoms with Gasteiger partial charge in [0.05, 0.1) is 37.2 Å². The van der Waals surface area contributed by atoms with Crippen molar-refractivity contribution < 1.29 is 23.8 Å². The van der Waals surface area contributed by atoms with Gasteiger partial charge in [0.1, 0.15) is 12.4 Å². The van der Waals surface area contributed by atoms with Gasteiger partial charge in [-0.15, -0.1) is 0 Å². The van der Waals surface area contributed by atoms with Crippen LogP contribution in [0.25, 0.3) is 0 Å². The van der Waals surface area contributed by atoms with Crippen molar-refractivity contribution in [2.45, 2.75) is 6.42 Å². The van der Waals surface area contributed by atoms with Gasteiger partial charge in [-0.05, 0) is 24.3 Å². The van der Waals surface area contributed by atoms with E-state index in [0.717, 1.165) is 0 Å². The molecule has 1 aliphatic rings. The number of hydrogen-bond donors (Lipinski definition) is 1. The van der Waals surface area contributed by atoms with Crippen LogP contribution in [-0.4, -0.2) is 50.8 Å². The number of anilines is 2. The molecular weight excluding hydrogens is 398 g/mol. The van der Waals surface area contributed by atoms with Gasteiger partial charge in [0.15, 0.2) is 0 Å². The molecule has 1 fully saturated rings. The Balaban J connectivity index is 1.63. The second-order valence-corrected chi connectivity index (χ2v) is 6.87. The monoisotopic (exact) mass is 419 g/mol. The van der Waals surface area contributed by atoms with Crippen LogP contribution < -0.4 is 19.7 Å². The van der Waals surface area contributed by atoms with Gasteiger partial charge >= 0.3 is 0 Å². The third-order valence-corrected chi connectivity index (χ3v) is 4.70. The zero-order chi connectivity index (χ0) is 20.8. The fourth-order valence-electron chi connectivity index (χ4n) is 3.00. The Hall–Kier alpha value is -2.84. The molecule has 1 aliphatic heterocycles. The van der Waals surface area contributed by atoms with E-state index in [0.29, 0.717) is 41.2 Å². The molecule has 2 aromatic rings. The molecule has 0 spiro atoms. The number of pyridine rings is 1. The molecule has 1 aromatic heterocycles. The Kier molecular flexibility index (Phi) is 6.90. The minimum absolute atomic E-state index is 0.104. The molecule has 0 bridgehead atoms. The molecule has 1 atom stereocenters. The second kappa shape index (κ2) is 9.58. The van der Waals surface area contributed by atoms with Crippen molar-refractivity contribution in [1.29, 1.82) is 0 Å². The summed E-state index contributed by atoms with van der Waals surface area (Å²) in [7, 11) is 3.11. The molecule has 1 unspecified atom stereocenters. The zero-order valence-corrected chi connectivity index (χ0v) is 16.9. The van der Waals surface area contributed by atoms with E-state index in [-0.39, 0.29) is 24.8 Å². The summed E-state index contributed by atoms with van der Waals surface area (Å²) in [6.45, 7) is 1.10. The summed E-state index contributed by atoms with van der Waals surface area (Å²) in [5.74, 6) is 0.0543. The molecule has 1 aromatic carbocycles. The molecule has 1 N–H and O–H groups in total. The van der Waals surface area contributed by atoms with Crippen molar-refractivity contribution in [1.82, 2.24) is 4.98 Å². The quantitative estimate of drug-likeness (QED) is 0.662. The Labute approximate surface area is 173 Å². The van der Waals surface area contributed by atoms with Crippen LogP contribution in [-0.2, 0) is 14.3 Å². The summed E-state index contributed by atoms with van der Waals surface area (Å²) in [6, 6.07) is 8.39. The maximum absolute atomic E-state index is 12.6. The van der Waals surface area contributed by atoms with Crippen LogP contribution in [0.5, 0.6) is 11.6 Å². The van der Waals surface area contributed by atoms with Crippen LogP contribution in [0, 0.1) is 5.92 Å². The molecule has 154 valence electrons. The lowest BCUT2D eigenvalue weighted by Crippen LogP contribution is -2.28. The summed E-state index contributed by atoms with van der Waals surface area (Å²) in [6.07, 6.45) is 1.61. The van der Waals surface area contributed by atoms with E-state index in [4.69, 9.17) is 25.8 Å². The SMILES string of the molecule is COCCOc1ccc(NC(=O)C2CC(=O)N(c3cc(Cl)ccc3OC)C2)cn1. The van der Waals surface area contributed by atoms with E-state index >= 15 is 0 Å². The lowest BCUT2D eigenvalue weighted by molar-refractivity contribution is -0.122. The zero-order valence-electron chi connectivity index (χ0n) is 16.2. The summed E-state index contributed by atoms with van der Waals surface area (Å²) in [5, 5.41) is 3.28. The highest BCUT2D eigenvalue weighted by Crippen LogP contribution is 2.35.